The molecular weight excluding hydrogens is 200 g/mol. The van der Waals surface area contributed by atoms with Crippen molar-refractivity contribution in [1.29, 1.82) is 0 Å². The molecule has 0 heterocycles. The Balaban J connectivity index is 2.67. The van der Waals surface area contributed by atoms with Crippen LogP contribution in [0.25, 0.3) is 0 Å². The van der Waals surface area contributed by atoms with Gasteiger partial charge < -0.3 is 10.4 Å². The van der Waals surface area contributed by atoms with Gasteiger partial charge in [0.15, 0.2) is 0 Å². The van der Waals surface area contributed by atoms with Gasteiger partial charge in [0.25, 0.3) is 5.69 Å². The zero-order valence-electron chi connectivity index (χ0n) is 7.84. The minimum atomic E-state index is -1.13. The fourth-order valence-electron chi connectivity index (χ4n) is 1.20. The lowest BCUT2D eigenvalue weighted by Gasteiger charge is -2.02. The lowest BCUT2D eigenvalue weighted by Crippen LogP contribution is -2.23. The van der Waals surface area contributed by atoms with Gasteiger partial charge in [-0.05, 0) is 6.42 Å². The molecule has 6 nitrogen and oxygen atoms in total. The van der Waals surface area contributed by atoms with E-state index in [4.69, 9.17) is 5.11 Å². The number of hydrogen-bond acceptors (Lipinski definition) is 3. The molecule has 0 aliphatic heterocycles. The summed E-state index contributed by atoms with van der Waals surface area (Å²) in [6, 6.07) is 6.27. The number of carbonyl (C=O) groups is 1. The van der Waals surface area contributed by atoms with Gasteiger partial charge in [-0.15, -0.1) is 0 Å². The van der Waals surface area contributed by atoms with Crippen LogP contribution >= 0.6 is 0 Å². The van der Waals surface area contributed by atoms with Crippen molar-refractivity contribution in [2.45, 2.75) is 6.42 Å². The van der Waals surface area contributed by atoms with Crippen molar-refractivity contribution in [2.75, 3.05) is 6.54 Å². The Morgan fingerprint density at radius 1 is 1.47 bits per heavy atom. The van der Waals surface area contributed by atoms with E-state index >= 15 is 0 Å². The second-order valence-corrected chi connectivity index (χ2v) is 2.87. The summed E-state index contributed by atoms with van der Waals surface area (Å²) < 4.78 is 0. The average molecular weight is 210 g/mol. The zero-order chi connectivity index (χ0) is 11.3. The molecular formula is C9H10N2O4. The van der Waals surface area contributed by atoms with Gasteiger partial charge in [0.2, 0.25) is 0 Å². The molecule has 0 aliphatic carbocycles. The third-order valence-electron chi connectivity index (χ3n) is 1.86. The van der Waals surface area contributed by atoms with Crippen LogP contribution < -0.4 is 5.32 Å². The predicted molar refractivity (Wildman–Crippen MR) is 52.8 cm³/mol. The summed E-state index contributed by atoms with van der Waals surface area (Å²) in [5.74, 6) is 0. The first kappa shape index (κ1) is 11.0. The van der Waals surface area contributed by atoms with Crippen LogP contribution in [0.15, 0.2) is 24.3 Å². The number of benzene rings is 1. The smallest absolute Gasteiger partial charge is 0.404 e. The van der Waals surface area contributed by atoms with Crippen LogP contribution in [0.3, 0.4) is 0 Å². The van der Waals surface area contributed by atoms with E-state index < -0.39 is 11.0 Å². The summed E-state index contributed by atoms with van der Waals surface area (Å²) in [5.41, 5.74) is 0.543. The molecule has 0 spiro atoms. The van der Waals surface area contributed by atoms with E-state index in [9.17, 15) is 14.9 Å². The summed E-state index contributed by atoms with van der Waals surface area (Å²) in [4.78, 5) is 20.3. The fraction of sp³-hybridized carbons (Fsp3) is 0.222. The highest BCUT2D eigenvalue weighted by Gasteiger charge is 2.11. The van der Waals surface area contributed by atoms with E-state index in [0.29, 0.717) is 12.0 Å². The summed E-state index contributed by atoms with van der Waals surface area (Å²) >= 11 is 0. The maximum absolute atomic E-state index is 10.6. The second-order valence-electron chi connectivity index (χ2n) is 2.87. The van der Waals surface area contributed by atoms with Crippen LogP contribution in [0.4, 0.5) is 10.5 Å². The van der Waals surface area contributed by atoms with Crippen LogP contribution in [0.5, 0.6) is 0 Å². The summed E-state index contributed by atoms with van der Waals surface area (Å²) in [6.45, 7) is 0.167. The lowest BCUT2D eigenvalue weighted by atomic mass is 10.1. The third-order valence-corrected chi connectivity index (χ3v) is 1.86. The first-order chi connectivity index (χ1) is 7.11. The molecule has 0 unspecified atom stereocenters. The zero-order valence-corrected chi connectivity index (χ0v) is 7.84. The van der Waals surface area contributed by atoms with Crippen molar-refractivity contribution in [3.63, 3.8) is 0 Å². The van der Waals surface area contributed by atoms with Gasteiger partial charge in [-0.2, -0.15) is 0 Å². The standard InChI is InChI=1S/C9H10N2O4/c12-9(13)10-6-5-7-3-1-2-4-8(7)11(14)15/h1-4,10H,5-6H2,(H,12,13). The highest BCUT2D eigenvalue weighted by atomic mass is 16.6. The van der Waals surface area contributed by atoms with E-state index in [1.807, 2.05) is 0 Å². The molecule has 0 saturated heterocycles. The number of nitro benzene ring substituents is 1. The number of hydrogen-bond donors (Lipinski definition) is 2. The monoisotopic (exact) mass is 210 g/mol. The van der Waals surface area contributed by atoms with E-state index in [2.05, 4.69) is 5.32 Å². The molecule has 1 amide bonds. The van der Waals surface area contributed by atoms with Crippen molar-refractivity contribution in [3.05, 3.63) is 39.9 Å². The number of para-hydroxylation sites is 1. The molecule has 0 fully saturated rings. The number of nitrogens with zero attached hydrogens (tertiary/aromatic N) is 1. The number of nitrogens with one attached hydrogen (secondary N) is 1. The van der Waals surface area contributed by atoms with Gasteiger partial charge in [0.05, 0.1) is 4.92 Å². The van der Waals surface area contributed by atoms with Crippen LogP contribution in [0.2, 0.25) is 0 Å². The predicted octanol–water partition coefficient (Wildman–Crippen LogP) is 1.40. The maximum Gasteiger partial charge on any atom is 0.404 e. The fourth-order valence-corrected chi connectivity index (χ4v) is 1.20. The molecule has 0 atom stereocenters. The molecule has 1 rings (SSSR count). The molecule has 1 aromatic carbocycles. The van der Waals surface area contributed by atoms with E-state index in [1.54, 1.807) is 18.2 Å². The normalized spacial score (nSPS) is 9.60. The first-order valence-electron chi connectivity index (χ1n) is 4.30. The number of nitro groups is 1. The largest absolute Gasteiger partial charge is 0.465 e. The quantitative estimate of drug-likeness (QED) is 0.580. The summed E-state index contributed by atoms with van der Waals surface area (Å²) in [7, 11) is 0. The van der Waals surface area contributed by atoms with Crippen molar-refractivity contribution in [1.82, 2.24) is 5.32 Å². The van der Waals surface area contributed by atoms with E-state index in [-0.39, 0.29) is 12.2 Å². The lowest BCUT2D eigenvalue weighted by molar-refractivity contribution is -0.385. The van der Waals surface area contributed by atoms with Crippen molar-refractivity contribution in [2.24, 2.45) is 0 Å². The van der Waals surface area contributed by atoms with Gasteiger partial charge in [0, 0.05) is 18.2 Å². The molecule has 0 bridgehead atoms. The van der Waals surface area contributed by atoms with Gasteiger partial charge in [-0.3, -0.25) is 10.1 Å². The number of carboxylic acid groups (broad SMARTS) is 1. The maximum atomic E-state index is 10.6. The Kier molecular flexibility index (Phi) is 3.61. The number of rotatable bonds is 4. The molecule has 0 aliphatic rings. The minimum absolute atomic E-state index is 0.0182. The van der Waals surface area contributed by atoms with Crippen molar-refractivity contribution in [3.8, 4) is 0 Å². The Bertz CT molecular complexity index is 378. The summed E-state index contributed by atoms with van der Waals surface area (Å²) in [5, 5.41) is 21.1. The molecule has 0 aromatic heterocycles. The Labute approximate surface area is 85.7 Å². The Hall–Kier alpha value is -2.11. The average Bonchev–Trinajstić information content (AvgIpc) is 2.17. The topological polar surface area (TPSA) is 92.5 Å². The van der Waals surface area contributed by atoms with Gasteiger partial charge in [-0.1, -0.05) is 18.2 Å². The van der Waals surface area contributed by atoms with E-state index in [1.165, 1.54) is 6.07 Å². The minimum Gasteiger partial charge on any atom is -0.465 e. The van der Waals surface area contributed by atoms with Crippen molar-refractivity contribution < 1.29 is 14.8 Å². The van der Waals surface area contributed by atoms with Crippen LogP contribution in [0, 0.1) is 10.1 Å². The summed E-state index contributed by atoms with van der Waals surface area (Å²) in [6.07, 6.45) is -0.822. The SMILES string of the molecule is O=C(O)NCCc1ccccc1[N+](=O)[O-]. The molecule has 2 N–H and O–H groups in total. The van der Waals surface area contributed by atoms with Gasteiger partial charge in [0.1, 0.15) is 0 Å². The molecule has 80 valence electrons. The Morgan fingerprint density at radius 2 is 2.13 bits per heavy atom. The van der Waals surface area contributed by atoms with E-state index in [0.717, 1.165) is 0 Å². The van der Waals surface area contributed by atoms with Crippen LogP contribution in [0.1, 0.15) is 5.56 Å². The molecule has 6 heteroatoms. The highest BCUT2D eigenvalue weighted by Crippen LogP contribution is 2.17. The Morgan fingerprint density at radius 3 is 2.73 bits per heavy atom. The molecule has 15 heavy (non-hydrogen) atoms. The van der Waals surface area contributed by atoms with Gasteiger partial charge in [-0.25, -0.2) is 4.79 Å². The molecule has 1 aromatic rings. The van der Waals surface area contributed by atoms with Crippen molar-refractivity contribution >= 4 is 11.8 Å². The van der Waals surface area contributed by atoms with Gasteiger partial charge >= 0.3 is 6.09 Å². The first-order valence-corrected chi connectivity index (χ1v) is 4.30. The molecule has 0 saturated carbocycles. The van der Waals surface area contributed by atoms with Crippen LogP contribution in [-0.4, -0.2) is 22.7 Å². The third kappa shape index (κ3) is 3.26. The second kappa shape index (κ2) is 4.94. The van der Waals surface area contributed by atoms with Crippen LogP contribution in [-0.2, 0) is 6.42 Å². The highest BCUT2D eigenvalue weighted by molar-refractivity contribution is 5.64. The number of amides is 1. The molecule has 0 radical (unpaired) electrons.